The molecule has 3 rings (SSSR count). The molecule has 0 saturated heterocycles. The summed E-state index contributed by atoms with van der Waals surface area (Å²) in [6.07, 6.45) is 0. The molecule has 0 unspecified atom stereocenters. The maximum Gasteiger partial charge on any atom is 0.221 e. The molecule has 1 amide bonds. The zero-order valence-electron chi connectivity index (χ0n) is 14.8. The normalized spacial score (nSPS) is 11.7. The third-order valence-electron chi connectivity index (χ3n) is 3.98. The highest BCUT2D eigenvalue weighted by molar-refractivity contribution is 6.07. The first-order valence-corrected chi connectivity index (χ1v) is 8.14. The van der Waals surface area contributed by atoms with Crippen molar-refractivity contribution < 1.29 is 4.79 Å². The van der Waals surface area contributed by atoms with Gasteiger partial charge in [0.1, 0.15) is 5.69 Å². The van der Waals surface area contributed by atoms with E-state index < -0.39 is 0 Å². The molecule has 0 aliphatic heterocycles. The summed E-state index contributed by atoms with van der Waals surface area (Å²) < 4.78 is 2.03. The van der Waals surface area contributed by atoms with Gasteiger partial charge in [-0.05, 0) is 39.8 Å². The van der Waals surface area contributed by atoms with Gasteiger partial charge in [-0.15, -0.1) is 0 Å². The van der Waals surface area contributed by atoms with Crippen molar-refractivity contribution in [1.29, 1.82) is 0 Å². The summed E-state index contributed by atoms with van der Waals surface area (Å²) in [6.45, 7) is 9.98. The van der Waals surface area contributed by atoms with Crippen molar-refractivity contribution in [2.75, 3.05) is 5.32 Å². The van der Waals surface area contributed by atoms with Crippen molar-refractivity contribution in [3.63, 3.8) is 0 Å². The fourth-order valence-corrected chi connectivity index (χ4v) is 2.89. The van der Waals surface area contributed by atoms with E-state index in [0.717, 1.165) is 27.8 Å². The average Bonchev–Trinajstić information content (AvgIpc) is 2.88. The van der Waals surface area contributed by atoms with Gasteiger partial charge in [0, 0.05) is 12.5 Å². The number of anilines is 1. The van der Waals surface area contributed by atoms with Crippen LogP contribution in [0.25, 0.3) is 22.2 Å². The minimum atomic E-state index is -0.157. The molecule has 1 aromatic heterocycles. The van der Waals surface area contributed by atoms with Crippen LogP contribution in [0.15, 0.2) is 42.5 Å². The molecule has 2 aromatic carbocycles. The number of nitrogens with one attached hydrogen (secondary N) is 1. The first kappa shape index (κ1) is 16.2. The van der Waals surface area contributed by atoms with Crippen LogP contribution in [-0.2, 0) is 10.3 Å². The zero-order valence-corrected chi connectivity index (χ0v) is 14.8. The maximum atomic E-state index is 11.6. The number of carbonyl (C=O) groups excluding carboxylic acids is 1. The highest BCUT2D eigenvalue weighted by Crippen LogP contribution is 2.36. The van der Waals surface area contributed by atoms with E-state index in [-0.39, 0.29) is 11.4 Å². The highest BCUT2D eigenvalue weighted by atomic mass is 16.1. The van der Waals surface area contributed by atoms with Crippen LogP contribution in [-0.4, -0.2) is 15.7 Å². The molecule has 0 bridgehead atoms. The molecule has 0 fully saturated rings. The number of aryl methyl sites for hydroxylation is 1. The molecule has 0 radical (unpaired) electrons. The van der Waals surface area contributed by atoms with E-state index in [1.165, 1.54) is 12.5 Å². The van der Waals surface area contributed by atoms with Gasteiger partial charge in [0.15, 0.2) is 0 Å². The predicted molar refractivity (Wildman–Crippen MR) is 99.2 cm³/mol. The molecule has 0 spiro atoms. The van der Waals surface area contributed by atoms with Gasteiger partial charge in [0.05, 0.1) is 22.1 Å². The number of fused-ring (bicyclic) bond motifs is 1. The lowest BCUT2D eigenvalue weighted by atomic mass is 10.0. The fraction of sp³-hybridized carbons (Fsp3) is 0.300. The summed E-state index contributed by atoms with van der Waals surface area (Å²) in [4.78, 5) is 11.6. The van der Waals surface area contributed by atoms with Crippen LogP contribution in [0.1, 0.15) is 33.3 Å². The second kappa shape index (κ2) is 5.78. The molecule has 0 aliphatic carbocycles. The first-order valence-electron chi connectivity index (χ1n) is 8.14. The Labute approximate surface area is 142 Å². The van der Waals surface area contributed by atoms with Crippen molar-refractivity contribution in [3.8, 4) is 11.3 Å². The minimum absolute atomic E-state index is 0.0825. The Kier molecular flexibility index (Phi) is 3.91. The molecule has 3 aromatic rings. The van der Waals surface area contributed by atoms with Gasteiger partial charge in [0.25, 0.3) is 0 Å². The first-order chi connectivity index (χ1) is 11.3. The second-order valence-electron chi connectivity index (χ2n) is 7.18. The lowest BCUT2D eigenvalue weighted by Crippen LogP contribution is -2.22. The molecule has 4 heteroatoms. The lowest BCUT2D eigenvalue weighted by molar-refractivity contribution is -0.114. The molecular weight excluding hydrogens is 298 g/mol. The SMILES string of the molecule is CC(=O)Nc1cccc2c1c(-c1ccc(C)cc1)nn2C(C)(C)C. The summed E-state index contributed by atoms with van der Waals surface area (Å²) >= 11 is 0. The summed E-state index contributed by atoms with van der Waals surface area (Å²) in [7, 11) is 0. The van der Waals surface area contributed by atoms with E-state index in [9.17, 15) is 4.79 Å². The van der Waals surface area contributed by atoms with E-state index in [0.29, 0.717) is 0 Å². The maximum absolute atomic E-state index is 11.6. The number of benzene rings is 2. The molecule has 0 saturated carbocycles. The predicted octanol–water partition coefficient (Wildman–Crippen LogP) is 4.73. The number of amides is 1. The number of hydrogen-bond donors (Lipinski definition) is 1. The van der Waals surface area contributed by atoms with Gasteiger partial charge < -0.3 is 5.32 Å². The van der Waals surface area contributed by atoms with Crippen molar-refractivity contribution in [1.82, 2.24) is 9.78 Å². The number of rotatable bonds is 2. The largest absolute Gasteiger partial charge is 0.326 e. The highest BCUT2D eigenvalue weighted by Gasteiger charge is 2.22. The summed E-state index contributed by atoms with van der Waals surface area (Å²) in [5, 5.41) is 8.81. The van der Waals surface area contributed by atoms with E-state index in [1.54, 1.807) is 0 Å². The lowest BCUT2D eigenvalue weighted by Gasteiger charge is -2.20. The summed E-state index contributed by atoms with van der Waals surface area (Å²) in [5.74, 6) is -0.0825. The number of aromatic nitrogens is 2. The quantitative estimate of drug-likeness (QED) is 0.742. The van der Waals surface area contributed by atoms with Crippen LogP contribution in [0.4, 0.5) is 5.69 Å². The van der Waals surface area contributed by atoms with Crippen LogP contribution < -0.4 is 5.32 Å². The molecule has 24 heavy (non-hydrogen) atoms. The number of hydrogen-bond acceptors (Lipinski definition) is 2. The third-order valence-corrected chi connectivity index (χ3v) is 3.98. The molecule has 0 atom stereocenters. The molecule has 0 aliphatic rings. The van der Waals surface area contributed by atoms with Gasteiger partial charge in [-0.2, -0.15) is 5.10 Å². The number of nitrogens with zero attached hydrogens (tertiary/aromatic N) is 2. The Morgan fingerprint density at radius 1 is 1.08 bits per heavy atom. The van der Waals surface area contributed by atoms with E-state index >= 15 is 0 Å². The second-order valence-corrected chi connectivity index (χ2v) is 7.18. The Morgan fingerprint density at radius 2 is 1.75 bits per heavy atom. The van der Waals surface area contributed by atoms with Gasteiger partial charge in [-0.1, -0.05) is 35.9 Å². The Morgan fingerprint density at radius 3 is 2.33 bits per heavy atom. The van der Waals surface area contributed by atoms with Crippen molar-refractivity contribution in [2.24, 2.45) is 0 Å². The van der Waals surface area contributed by atoms with Crippen LogP contribution in [0.2, 0.25) is 0 Å². The monoisotopic (exact) mass is 321 g/mol. The topological polar surface area (TPSA) is 46.9 Å². The Hall–Kier alpha value is -2.62. The van der Waals surface area contributed by atoms with E-state index in [2.05, 4.69) is 63.3 Å². The average molecular weight is 321 g/mol. The molecule has 4 nitrogen and oxygen atoms in total. The molecule has 124 valence electrons. The minimum Gasteiger partial charge on any atom is -0.326 e. The zero-order chi connectivity index (χ0) is 17.5. The molecular formula is C20H23N3O. The molecule has 1 N–H and O–H groups in total. The van der Waals surface area contributed by atoms with Gasteiger partial charge >= 0.3 is 0 Å². The standard InChI is InChI=1S/C20H23N3O/c1-13-9-11-15(12-10-13)19-18-16(21-14(2)24)7-6-8-17(18)23(22-19)20(3,4)5/h6-12H,1-5H3,(H,21,24). The number of carbonyl (C=O) groups is 1. The van der Waals surface area contributed by atoms with Crippen LogP contribution in [0, 0.1) is 6.92 Å². The van der Waals surface area contributed by atoms with Gasteiger partial charge in [-0.3, -0.25) is 9.48 Å². The van der Waals surface area contributed by atoms with Crippen LogP contribution in [0.5, 0.6) is 0 Å². The van der Waals surface area contributed by atoms with Crippen molar-refractivity contribution in [3.05, 3.63) is 48.0 Å². The Balaban J connectivity index is 2.34. The smallest absolute Gasteiger partial charge is 0.221 e. The summed E-state index contributed by atoms with van der Waals surface area (Å²) in [6, 6.07) is 14.3. The van der Waals surface area contributed by atoms with Crippen LogP contribution >= 0.6 is 0 Å². The van der Waals surface area contributed by atoms with Crippen LogP contribution in [0.3, 0.4) is 0 Å². The van der Waals surface area contributed by atoms with E-state index in [1.807, 2.05) is 16.8 Å². The Bertz CT molecular complexity index is 899. The fourth-order valence-electron chi connectivity index (χ4n) is 2.89. The molecule has 1 heterocycles. The third kappa shape index (κ3) is 2.92. The van der Waals surface area contributed by atoms with Gasteiger partial charge in [-0.25, -0.2) is 0 Å². The van der Waals surface area contributed by atoms with E-state index in [4.69, 9.17) is 5.10 Å². The van der Waals surface area contributed by atoms with Crippen molar-refractivity contribution in [2.45, 2.75) is 40.2 Å². The van der Waals surface area contributed by atoms with Gasteiger partial charge in [0.2, 0.25) is 5.91 Å². The summed E-state index contributed by atoms with van der Waals surface area (Å²) in [5.41, 5.74) is 4.81. The van der Waals surface area contributed by atoms with Crippen molar-refractivity contribution >= 4 is 22.5 Å².